The molecule has 0 fully saturated rings. The van der Waals surface area contributed by atoms with Crippen LogP contribution >= 0.6 is 0 Å². The highest BCUT2D eigenvalue weighted by Crippen LogP contribution is 2.14. The van der Waals surface area contributed by atoms with Gasteiger partial charge in [-0.25, -0.2) is 0 Å². The molecule has 1 aromatic heterocycles. The average molecular weight is 273 g/mol. The highest BCUT2D eigenvalue weighted by molar-refractivity contribution is 5.91. The second kappa shape index (κ2) is 6.23. The van der Waals surface area contributed by atoms with Crippen molar-refractivity contribution in [2.45, 2.75) is 19.8 Å². The van der Waals surface area contributed by atoms with E-state index in [0.717, 1.165) is 29.2 Å². The first-order chi connectivity index (χ1) is 9.62. The number of aromatic nitrogens is 2. The van der Waals surface area contributed by atoms with Gasteiger partial charge in [-0.15, -0.1) is 0 Å². The van der Waals surface area contributed by atoms with Gasteiger partial charge in [0.25, 0.3) is 0 Å². The van der Waals surface area contributed by atoms with Gasteiger partial charge in [0.05, 0.1) is 19.2 Å². The van der Waals surface area contributed by atoms with Crippen molar-refractivity contribution in [2.75, 3.05) is 12.4 Å². The molecule has 1 heterocycles. The Morgan fingerprint density at radius 2 is 2.20 bits per heavy atom. The lowest BCUT2D eigenvalue weighted by Crippen LogP contribution is -2.16. The van der Waals surface area contributed by atoms with E-state index >= 15 is 0 Å². The predicted molar refractivity (Wildman–Crippen MR) is 77.9 cm³/mol. The summed E-state index contributed by atoms with van der Waals surface area (Å²) in [6.45, 7) is 2.03. The van der Waals surface area contributed by atoms with Crippen molar-refractivity contribution in [3.63, 3.8) is 0 Å². The van der Waals surface area contributed by atoms with E-state index in [-0.39, 0.29) is 5.91 Å². The van der Waals surface area contributed by atoms with Gasteiger partial charge in [0, 0.05) is 13.1 Å². The van der Waals surface area contributed by atoms with Crippen molar-refractivity contribution in [3.8, 4) is 5.75 Å². The number of methoxy groups -OCH3 is 1. The summed E-state index contributed by atoms with van der Waals surface area (Å²) >= 11 is 0. The second-order valence-electron chi connectivity index (χ2n) is 4.57. The standard InChI is InChI=1S/C15H19N3O2/c1-4-12-10-14(18(2)17-12)16-15(19)9-11-6-5-7-13(8-11)20-3/h5-8,10H,4,9H2,1-3H3,(H,16,19). The number of ether oxygens (including phenoxy) is 1. The Balaban J connectivity index is 2.02. The van der Waals surface area contributed by atoms with E-state index < -0.39 is 0 Å². The van der Waals surface area contributed by atoms with Crippen molar-refractivity contribution >= 4 is 11.7 Å². The molecule has 0 atom stereocenters. The van der Waals surface area contributed by atoms with Crippen LogP contribution in [0.3, 0.4) is 0 Å². The molecule has 2 rings (SSSR count). The monoisotopic (exact) mass is 273 g/mol. The summed E-state index contributed by atoms with van der Waals surface area (Å²) in [6.07, 6.45) is 1.16. The minimum absolute atomic E-state index is 0.0658. The van der Waals surface area contributed by atoms with Gasteiger partial charge in [0.2, 0.25) is 5.91 Å². The normalized spacial score (nSPS) is 10.3. The van der Waals surface area contributed by atoms with Gasteiger partial charge in [0.15, 0.2) is 0 Å². The number of benzene rings is 1. The average Bonchev–Trinajstić information content (AvgIpc) is 2.79. The van der Waals surface area contributed by atoms with E-state index in [1.807, 2.05) is 44.3 Å². The Labute approximate surface area is 118 Å². The Kier molecular flexibility index (Phi) is 4.40. The molecule has 2 aromatic rings. The van der Waals surface area contributed by atoms with Crippen LogP contribution < -0.4 is 10.1 Å². The zero-order chi connectivity index (χ0) is 14.5. The van der Waals surface area contributed by atoms with Gasteiger partial charge in [-0.2, -0.15) is 5.10 Å². The molecule has 0 saturated carbocycles. The molecule has 0 bridgehead atoms. The van der Waals surface area contributed by atoms with Crippen LogP contribution in [0, 0.1) is 0 Å². The van der Waals surface area contributed by atoms with Crippen molar-refractivity contribution in [1.82, 2.24) is 9.78 Å². The zero-order valence-electron chi connectivity index (χ0n) is 12.0. The Morgan fingerprint density at radius 1 is 1.40 bits per heavy atom. The number of nitrogens with one attached hydrogen (secondary N) is 1. The van der Waals surface area contributed by atoms with E-state index in [1.165, 1.54) is 0 Å². The first-order valence-corrected chi connectivity index (χ1v) is 6.58. The van der Waals surface area contributed by atoms with Crippen LogP contribution in [-0.4, -0.2) is 22.8 Å². The maximum Gasteiger partial charge on any atom is 0.229 e. The fraction of sp³-hybridized carbons (Fsp3) is 0.333. The van der Waals surface area contributed by atoms with Gasteiger partial charge in [-0.3, -0.25) is 9.48 Å². The minimum Gasteiger partial charge on any atom is -0.497 e. The number of nitrogens with zero attached hydrogens (tertiary/aromatic N) is 2. The molecule has 0 saturated heterocycles. The van der Waals surface area contributed by atoms with Crippen LogP contribution in [0.15, 0.2) is 30.3 Å². The molecule has 0 aliphatic heterocycles. The van der Waals surface area contributed by atoms with Gasteiger partial charge >= 0.3 is 0 Å². The predicted octanol–water partition coefficient (Wildman–Crippen LogP) is 2.17. The Bertz CT molecular complexity index is 605. The molecule has 20 heavy (non-hydrogen) atoms. The van der Waals surface area contributed by atoms with Crippen molar-refractivity contribution in [1.29, 1.82) is 0 Å². The summed E-state index contributed by atoms with van der Waals surface area (Å²) in [5.41, 5.74) is 1.88. The summed E-state index contributed by atoms with van der Waals surface area (Å²) in [5.74, 6) is 1.41. The smallest absolute Gasteiger partial charge is 0.229 e. The van der Waals surface area contributed by atoms with Gasteiger partial charge in [0.1, 0.15) is 11.6 Å². The number of amides is 1. The van der Waals surface area contributed by atoms with E-state index in [2.05, 4.69) is 10.4 Å². The van der Waals surface area contributed by atoms with Crippen LogP contribution in [0.2, 0.25) is 0 Å². The van der Waals surface area contributed by atoms with Gasteiger partial charge in [-0.05, 0) is 24.1 Å². The van der Waals surface area contributed by atoms with Crippen LogP contribution in [0.5, 0.6) is 5.75 Å². The van der Waals surface area contributed by atoms with Gasteiger partial charge in [-0.1, -0.05) is 19.1 Å². The molecule has 0 aliphatic carbocycles. The zero-order valence-corrected chi connectivity index (χ0v) is 12.0. The number of aryl methyl sites for hydroxylation is 2. The van der Waals surface area contributed by atoms with Crippen LogP contribution in [0.1, 0.15) is 18.2 Å². The van der Waals surface area contributed by atoms with E-state index in [1.54, 1.807) is 11.8 Å². The van der Waals surface area contributed by atoms with Crippen LogP contribution in [0.4, 0.5) is 5.82 Å². The molecule has 0 spiro atoms. The lowest BCUT2D eigenvalue weighted by atomic mass is 10.1. The lowest BCUT2D eigenvalue weighted by molar-refractivity contribution is -0.115. The summed E-state index contributed by atoms with van der Waals surface area (Å²) in [4.78, 5) is 12.0. The highest BCUT2D eigenvalue weighted by atomic mass is 16.5. The second-order valence-corrected chi connectivity index (χ2v) is 4.57. The number of carbonyl (C=O) groups is 1. The molecule has 5 heteroatoms. The molecule has 106 valence electrons. The molecule has 1 N–H and O–H groups in total. The SMILES string of the molecule is CCc1cc(NC(=O)Cc2cccc(OC)c2)n(C)n1. The van der Waals surface area contributed by atoms with E-state index in [4.69, 9.17) is 4.74 Å². The summed E-state index contributed by atoms with van der Waals surface area (Å²) in [6, 6.07) is 9.39. The maximum atomic E-state index is 12.0. The minimum atomic E-state index is -0.0658. The molecule has 0 radical (unpaired) electrons. The molecule has 1 amide bonds. The number of rotatable bonds is 5. The quantitative estimate of drug-likeness (QED) is 0.908. The first kappa shape index (κ1) is 14.1. The lowest BCUT2D eigenvalue weighted by Gasteiger charge is -2.06. The summed E-state index contributed by atoms with van der Waals surface area (Å²) < 4.78 is 6.83. The maximum absolute atomic E-state index is 12.0. The third kappa shape index (κ3) is 3.38. The fourth-order valence-corrected chi connectivity index (χ4v) is 1.97. The Hall–Kier alpha value is -2.30. The Morgan fingerprint density at radius 3 is 2.85 bits per heavy atom. The van der Waals surface area contributed by atoms with Crippen molar-refractivity contribution in [2.24, 2.45) is 7.05 Å². The first-order valence-electron chi connectivity index (χ1n) is 6.58. The molecule has 1 aromatic carbocycles. The van der Waals surface area contributed by atoms with Crippen LogP contribution in [0.25, 0.3) is 0 Å². The topological polar surface area (TPSA) is 56.1 Å². The molecule has 0 unspecified atom stereocenters. The third-order valence-corrected chi connectivity index (χ3v) is 3.06. The highest BCUT2D eigenvalue weighted by Gasteiger charge is 2.09. The summed E-state index contributed by atoms with van der Waals surface area (Å²) in [7, 11) is 3.43. The molecular weight excluding hydrogens is 254 g/mol. The van der Waals surface area contributed by atoms with Crippen LogP contribution in [-0.2, 0) is 24.7 Å². The van der Waals surface area contributed by atoms with Crippen molar-refractivity contribution < 1.29 is 9.53 Å². The third-order valence-electron chi connectivity index (χ3n) is 3.06. The number of hydrogen-bond acceptors (Lipinski definition) is 3. The molecular formula is C15H19N3O2. The number of hydrogen-bond donors (Lipinski definition) is 1. The van der Waals surface area contributed by atoms with Crippen molar-refractivity contribution in [3.05, 3.63) is 41.6 Å². The van der Waals surface area contributed by atoms with Gasteiger partial charge < -0.3 is 10.1 Å². The van der Waals surface area contributed by atoms with E-state index in [9.17, 15) is 4.79 Å². The number of carbonyl (C=O) groups excluding carboxylic acids is 1. The molecule has 5 nitrogen and oxygen atoms in total. The number of anilines is 1. The largest absolute Gasteiger partial charge is 0.497 e. The summed E-state index contributed by atoms with van der Waals surface area (Å²) in [5, 5.41) is 7.17. The fourth-order valence-electron chi connectivity index (χ4n) is 1.97. The molecule has 0 aliphatic rings. The van der Waals surface area contributed by atoms with E-state index in [0.29, 0.717) is 6.42 Å².